The van der Waals surface area contributed by atoms with Crippen LogP contribution in [0.4, 0.5) is 11.5 Å². The van der Waals surface area contributed by atoms with Crippen molar-refractivity contribution in [3.63, 3.8) is 0 Å². The second-order valence-corrected chi connectivity index (χ2v) is 4.98. The topological polar surface area (TPSA) is 100 Å². The molecule has 3 aromatic rings. The van der Waals surface area contributed by atoms with Crippen molar-refractivity contribution >= 4 is 28.5 Å². The van der Waals surface area contributed by atoms with Gasteiger partial charge in [0.2, 0.25) is 11.6 Å². The van der Waals surface area contributed by atoms with Gasteiger partial charge in [-0.3, -0.25) is 4.79 Å². The number of nitrogens with zero attached hydrogens (tertiary/aromatic N) is 2. The molecule has 7 heteroatoms. The molecule has 0 bridgehead atoms. The van der Waals surface area contributed by atoms with Crippen molar-refractivity contribution in [1.29, 1.82) is 0 Å². The fourth-order valence-electron chi connectivity index (χ4n) is 2.35. The van der Waals surface area contributed by atoms with Crippen LogP contribution in [0.25, 0.3) is 22.2 Å². The maximum absolute atomic E-state index is 11.5. The zero-order valence-electron chi connectivity index (χ0n) is 12.8. The molecule has 0 aliphatic carbocycles. The summed E-state index contributed by atoms with van der Waals surface area (Å²) in [5.74, 6) is 0.302. The second-order valence-electron chi connectivity index (χ2n) is 4.98. The second kappa shape index (κ2) is 6.93. The van der Waals surface area contributed by atoms with Crippen LogP contribution in [0.3, 0.4) is 0 Å². The van der Waals surface area contributed by atoms with Gasteiger partial charge in [-0.1, -0.05) is 18.7 Å². The van der Waals surface area contributed by atoms with Gasteiger partial charge < -0.3 is 20.2 Å². The van der Waals surface area contributed by atoms with Crippen molar-refractivity contribution in [2.75, 3.05) is 23.8 Å². The average Bonchev–Trinajstić information content (AvgIpc) is 3.05. The Morgan fingerprint density at radius 1 is 1.38 bits per heavy atom. The predicted octanol–water partition coefficient (Wildman–Crippen LogP) is 2.42. The van der Waals surface area contributed by atoms with Crippen molar-refractivity contribution in [2.45, 2.75) is 0 Å². The van der Waals surface area contributed by atoms with Crippen LogP contribution < -0.4 is 10.6 Å². The van der Waals surface area contributed by atoms with E-state index in [2.05, 4.69) is 27.2 Å². The quantitative estimate of drug-likeness (QED) is 0.602. The minimum Gasteiger partial charge on any atom is -0.445 e. The first-order valence-electron chi connectivity index (χ1n) is 7.33. The van der Waals surface area contributed by atoms with Crippen LogP contribution in [0.2, 0.25) is 0 Å². The van der Waals surface area contributed by atoms with E-state index in [0.29, 0.717) is 23.8 Å². The number of benzene rings is 1. The standard InChI is InChI=1S/C17H16N4O3/c1-2-14(23)21-12-5-3-4-11(8-12)13-9-24-17-15(13)16(18-6-7-22)19-10-20-17/h2-5,8-10,22H,1,6-7H2,(H,21,23)(H,18,19,20). The summed E-state index contributed by atoms with van der Waals surface area (Å²) in [5, 5.41) is 15.5. The fraction of sp³-hybridized carbons (Fsp3) is 0.118. The molecular weight excluding hydrogens is 308 g/mol. The van der Waals surface area contributed by atoms with Crippen LogP contribution in [0.5, 0.6) is 0 Å². The maximum Gasteiger partial charge on any atom is 0.247 e. The van der Waals surface area contributed by atoms with Gasteiger partial charge in [0.25, 0.3) is 0 Å². The summed E-state index contributed by atoms with van der Waals surface area (Å²) in [7, 11) is 0. The normalized spacial score (nSPS) is 10.5. The van der Waals surface area contributed by atoms with Gasteiger partial charge in [-0.2, -0.15) is 0 Å². The Labute approximate surface area is 138 Å². The van der Waals surface area contributed by atoms with Crippen LogP contribution in [0, 0.1) is 0 Å². The molecule has 3 rings (SSSR count). The first-order valence-corrected chi connectivity index (χ1v) is 7.33. The summed E-state index contributed by atoms with van der Waals surface area (Å²) in [6.07, 6.45) is 4.21. The molecule has 2 heterocycles. The Kier molecular flexibility index (Phi) is 4.53. The van der Waals surface area contributed by atoms with Gasteiger partial charge in [-0.25, -0.2) is 9.97 Å². The minimum atomic E-state index is -0.280. The zero-order valence-corrected chi connectivity index (χ0v) is 12.8. The number of anilines is 2. The molecule has 1 amide bonds. The summed E-state index contributed by atoms with van der Waals surface area (Å²) in [6, 6.07) is 7.34. The summed E-state index contributed by atoms with van der Waals surface area (Å²) in [6.45, 7) is 3.79. The van der Waals surface area contributed by atoms with Crippen molar-refractivity contribution in [2.24, 2.45) is 0 Å². The van der Waals surface area contributed by atoms with Crippen LogP contribution in [0.1, 0.15) is 0 Å². The molecule has 0 saturated carbocycles. The van der Waals surface area contributed by atoms with Gasteiger partial charge in [0.05, 0.1) is 12.0 Å². The Balaban J connectivity index is 2.04. The first kappa shape index (κ1) is 15.7. The molecule has 3 N–H and O–H groups in total. The fourth-order valence-corrected chi connectivity index (χ4v) is 2.35. The van der Waals surface area contributed by atoms with E-state index in [1.165, 1.54) is 12.4 Å². The number of fused-ring (bicyclic) bond motifs is 1. The molecule has 1 aromatic carbocycles. The van der Waals surface area contributed by atoms with Gasteiger partial charge in [0, 0.05) is 17.8 Å². The summed E-state index contributed by atoms with van der Waals surface area (Å²) in [4.78, 5) is 19.8. The van der Waals surface area contributed by atoms with E-state index in [1.807, 2.05) is 18.2 Å². The predicted molar refractivity (Wildman–Crippen MR) is 91.6 cm³/mol. The van der Waals surface area contributed by atoms with Gasteiger partial charge in [-0.15, -0.1) is 0 Å². The Morgan fingerprint density at radius 3 is 3.04 bits per heavy atom. The lowest BCUT2D eigenvalue weighted by molar-refractivity contribution is -0.111. The molecule has 122 valence electrons. The lowest BCUT2D eigenvalue weighted by Crippen LogP contribution is -2.07. The molecule has 7 nitrogen and oxygen atoms in total. The van der Waals surface area contributed by atoms with Crippen LogP contribution in [0.15, 0.2) is 53.9 Å². The molecule has 0 atom stereocenters. The van der Waals surface area contributed by atoms with Crippen molar-refractivity contribution < 1.29 is 14.3 Å². The monoisotopic (exact) mass is 324 g/mol. The van der Waals surface area contributed by atoms with E-state index in [1.54, 1.807) is 12.3 Å². The van der Waals surface area contributed by atoms with E-state index in [4.69, 9.17) is 9.52 Å². The molecule has 0 fully saturated rings. The van der Waals surface area contributed by atoms with E-state index in [-0.39, 0.29) is 12.5 Å². The average molecular weight is 324 g/mol. The van der Waals surface area contributed by atoms with Gasteiger partial charge in [0.15, 0.2) is 0 Å². The first-order chi connectivity index (χ1) is 11.7. The van der Waals surface area contributed by atoms with Gasteiger partial charge >= 0.3 is 0 Å². The smallest absolute Gasteiger partial charge is 0.247 e. The third kappa shape index (κ3) is 3.11. The number of rotatable bonds is 6. The minimum absolute atomic E-state index is 0.0122. The third-order valence-electron chi connectivity index (χ3n) is 3.40. The highest BCUT2D eigenvalue weighted by Gasteiger charge is 2.15. The lowest BCUT2D eigenvalue weighted by Gasteiger charge is -2.07. The Morgan fingerprint density at radius 2 is 2.25 bits per heavy atom. The summed E-state index contributed by atoms with van der Waals surface area (Å²) in [5.41, 5.74) is 2.73. The molecule has 0 aliphatic rings. The molecule has 2 aromatic heterocycles. The highest BCUT2D eigenvalue weighted by Crippen LogP contribution is 2.34. The number of nitrogens with one attached hydrogen (secondary N) is 2. The summed E-state index contributed by atoms with van der Waals surface area (Å²) < 4.78 is 5.51. The largest absolute Gasteiger partial charge is 0.445 e. The molecular formula is C17H16N4O3. The molecule has 0 spiro atoms. The van der Waals surface area contributed by atoms with Crippen LogP contribution >= 0.6 is 0 Å². The number of hydrogen-bond donors (Lipinski definition) is 3. The van der Waals surface area contributed by atoms with E-state index < -0.39 is 0 Å². The number of carbonyl (C=O) groups is 1. The van der Waals surface area contributed by atoms with E-state index in [9.17, 15) is 4.79 Å². The van der Waals surface area contributed by atoms with Crippen molar-refractivity contribution in [3.05, 3.63) is 49.5 Å². The molecule has 0 unspecified atom stereocenters. The zero-order chi connectivity index (χ0) is 16.9. The Bertz CT molecular complexity index is 888. The molecule has 0 aliphatic heterocycles. The van der Waals surface area contributed by atoms with Gasteiger partial charge in [-0.05, 0) is 23.8 Å². The van der Waals surface area contributed by atoms with Crippen molar-refractivity contribution in [1.82, 2.24) is 9.97 Å². The number of aliphatic hydroxyl groups is 1. The van der Waals surface area contributed by atoms with Crippen LogP contribution in [-0.4, -0.2) is 34.1 Å². The summed E-state index contributed by atoms with van der Waals surface area (Å²) >= 11 is 0. The highest BCUT2D eigenvalue weighted by atomic mass is 16.3. The number of aromatic nitrogens is 2. The van der Waals surface area contributed by atoms with Gasteiger partial charge in [0.1, 0.15) is 18.4 Å². The molecule has 0 saturated heterocycles. The Hall–Kier alpha value is -3.19. The van der Waals surface area contributed by atoms with Crippen molar-refractivity contribution in [3.8, 4) is 11.1 Å². The highest BCUT2D eigenvalue weighted by molar-refractivity contribution is 6.02. The molecule has 0 radical (unpaired) electrons. The van der Waals surface area contributed by atoms with E-state index in [0.717, 1.165) is 16.5 Å². The maximum atomic E-state index is 11.5. The molecule has 24 heavy (non-hydrogen) atoms. The number of furan rings is 1. The number of amides is 1. The lowest BCUT2D eigenvalue weighted by atomic mass is 10.1. The third-order valence-corrected chi connectivity index (χ3v) is 3.40. The number of aliphatic hydroxyl groups excluding tert-OH is 1. The van der Waals surface area contributed by atoms with Crippen LogP contribution in [-0.2, 0) is 4.79 Å². The number of carbonyl (C=O) groups excluding carboxylic acids is 1. The SMILES string of the molecule is C=CC(=O)Nc1cccc(-c2coc3ncnc(NCCO)c23)c1. The van der Waals surface area contributed by atoms with E-state index >= 15 is 0 Å². The number of hydrogen-bond acceptors (Lipinski definition) is 6.